The van der Waals surface area contributed by atoms with Crippen molar-refractivity contribution in [1.29, 1.82) is 0 Å². The lowest BCUT2D eigenvalue weighted by Crippen LogP contribution is -2.33. The number of carbonyl (C=O) groups excluding carboxylic acids is 1. The Morgan fingerprint density at radius 2 is 1.65 bits per heavy atom. The Morgan fingerprint density at radius 3 is 2.22 bits per heavy atom. The first-order valence-electron chi connectivity index (χ1n) is 8.22. The molecule has 0 aliphatic carbocycles. The number of methoxy groups -OCH3 is 1. The monoisotopic (exact) mass is 341 g/mol. The van der Waals surface area contributed by atoms with E-state index < -0.39 is 6.04 Å². The molecule has 1 atom stereocenters. The van der Waals surface area contributed by atoms with E-state index in [0.29, 0.717) is 5.75 Å². The van der Waals surface area contributed by atoms with Gasteiger partial charge in [0.2, 0.25) is 0 Å². The highest BCUT2D eigenvalue weighted by Crippen LogP contribution is 2.12. The minimum absolute atomic E-state index is 0. The Hall–Kier alpha value is -1.00. The van der Waals surface area contributed by atoms with Gasteiger partial charge in [-0.1, -0.05) is 34.9 Å². The summed E-state index contributed by atoms with van der Waals surface area (Å²) in [6.45, 7) is 8.65. The van der Waals surface area contributed by atoms with Gasteiger partial charge >= 0.3 is 5.97 Å². The third-order valence-corrected chi connectivity index (χ3v) is 4.47. The quantitative estimate of drug-likeness (QED) is 0.330. The van der Waals surface area contributed by atoms with Crippen LogP contribution in [0.2, 0.25) is 0 Å². The van der Waals surface area contributed by atoms with Crippen molar-refractivity contribution in [3.8, 4) is 0 Å². The second kappa shape index (κ2) is 13.4. The van der Waals surface area contributed by atoms with Crippen molar-refractivity contribution in [2.24, 2.45) is 5.73 Å². The second-order valence-corrected chi connectivity index (χ2v) is 7.20. The van der Waals surface area contributed by atoms with Crippen LogP contribution >= 0.6 is 11.8 Å². The maximum atomic E-state index is 11.2. The summed E-state index contributed by atoms with van der Waals surface area (Å²) in [7, 11) is 1.37. The second-order valence-electron chi connectivity index (χ2n) is 6.13. The molecule has 0 aromatic carbocycles. The van der Waals surface area contributed by atoms with Crippen LogP contribution < -0.4 is 5.73 Å². The molecule has 0 unspecified atom stereocenters. The maximum Gasteiger partial charge on any atom is 0.323 e. The van der Waals surface area contributed by atoms with E-state index in [0.717, 1.165) is 31.4 Å². The van der Waals surface area contributed by atoms with E-state index in [1.807, 2.05) is 0 Å². The predicted molar refractivity (Wildman–Crippen MR) is 105 cm³/mol. The third kappa shape index (κ3) is 13.2. The SMILES string of the molecule is COC(=O)[C@@H](N)CSC/C=C(\C)CC/C=C(\C)CCC=C(C)C.[HH]. The summed E-state index contributed by atoms with van der Waals surface area (Å²) in [5, 5.41) is 0. The van der Waals surface area contributed by atoms with Crippen LogP contribution in [0.5, 0.6) is 0 Å². The molecule has 0 radical (unpaired) electrons. The number of rotatable bonds is 11. The number of esters is 1. The van der Waals surface area contributed by atoms with Gasteiger partial charge in [-0.05, 0) is 53.4 Å². The molecule has 0 aliphatic heterocycles. The molecule has 0 aliphatic rings. The lowest BCUT2D eigenvalue weighted by molar-refractivity contribution is -0.141. The molecule has 23 heavy (non-hydrogen) atoms. The molecule has 0 rings (SSSR count). The largest absolute Gasteiger partial charge is 0.468 e. The van der Waals surface area contributed by atoms with Crippen LogP contribution in [0.25, 0.3) is 0 Å². The number of allylic oxidation sites excluding steroid dienone is 5. The van der Waals surface area contributed by atoms with Gasteiger partial charge < -0.3 is 10.5 Å². The van der Waals surface area contributed by atoms with Crippen LogP contribution in [0.3, 0.4) is 0 Å². The fourth-order valence-corrected chi connectivity index (χ4v) is 2.88. The first-order chi connectivity index (χ1) is 10.9. The van der Waals surface area contributed by atoms with Gasteiger partial charge in [-0.25, -0.2) is 0 Å². The molecular weight excluding hydrogens is 306 g/mol. The number of hydrogen-bond donors (Lipinski definition) is 1. The van der Waals surface area contributed by atoms with Crippen molar-refractivity contribution in [2.45, 2.75) is 59.4 Å². The number of ether oxygens (including phenoxy) is 1. The van der Waals surface area contributed by atoms with Crippen molar-refractivity contribution in [3.05, 3.63) is 34.9 Å². The maximum absolute atomic E-state index is 11.2. The van der Waals surface area contributed by atoms with Crippen molar-refractivity contribution in [1.82, 2.24) is 0 Å². The molecule has 0 aromatic rings. The molecule has 0 aromatic heterocycles. The Kier molecular flexibility index (Phi) is 12.9. The van der Waals surface area contributed by atoms with Crippen molar-refractivity contribution >= 4 is 17.7 Å². The van der Waals surface area contributed by atoms with Crippen LogP contribution in [0.15, 0.2) is 34.9 Å². The van der Waals surface area contributed by atoms with Crippen molar-refractivity contribution < 1.29 is 11.0 Å². The Morgan fingerprint density at radius 1 is 1.09 bits per heavy atom. The summed E-state index contributed by atoms with van der Waals surface area (Å²) in [6, 6.07) is -0.523. The average Bonchev–Trinajstić information content (AvgIpc) is 2.50. The van der Waals surface area contributed by atoms with Gasteiger partial charge in [0.05, 0.1) is 7.11 Å². The minimum atomic E-state index is -0.523. The molecule has 0 bridgehead atoms. The summed E-state index contributed by atoms with van der Waals surface area (Å²) in [4.78, 5) is 11.2. The molecule has 134 valence electrons. The standard InChI is InChI=1S/C19H33NO2S.H2/c1-15(2)8-6-9-16(3)10-7-11-17(4)12-13-23-14-18(20)19(21)22-5;/h8,10,12,18H,6-7,9,11,13-14,20H2,1-5H3;1H/b16-10+,17-12+;/t18-;/m0./s1. The molecule has 3 nitrogen and oxygen atoms in total. The van der Waals surface area contributed by atoms with Gasteiger partial charge in [0, 0.05) is 12.9 Å². The van der Waals surface area contributed by atoms with Gasteiger partial charge in [0.25, 0.3) is 0 Å². The van der Waals surface area contributed by atoms with E-state index in [-0.39, 0.29) is 7.40 Å². The lowest BCUT2D eigenvalue weighted by atomic mass is 10.1. The molecule has 0 spiro atoms. The first-order valence-corrected chi connectivity index (χ1v) is 9.38. The fourth-order valence-electron chi connectivity index (χ4n) is 1.95. The highest BCUT2D eigenvalue weighted by atomic mass is 32.2. The lowest BCUT2D eigenvalue weighted by Gasteiger charge is -2.07. The Labute approximate surface area is 147 Å². The number of carbonyl (C=O) groups is 1. The summed E-state index contributed by atoms with van der Waals surface area (Å²) >= 11 is 1.66. The smallest absolute Gasteiger partial charge is 0.323 e. The molecule has 0 fully saturated rings. The van der Waals surface area contributed by atoms with E-state index in [1.165, 1.54) is 23.8 Å². The van der Waals surface area contributed by atoms with Gasteiger partial charge in [0.1, 0.15) is 6.04 Å². The molecule has 0 amide bonds. The fraction of sp³-hybridized carbons (Fsp3) is 0.632. The van der Waals surface area contributed by atoms with Gasteiger partial charge in [-0.15, -0.1) is 0 Å². The van der Waals surface area contributed by atoms with Crippen molar-refractivity contribution in [3.63, 3.8) is 0 Å². The summed E-state index contributed by atoms with van der Waals surface area (Å²) < 4.78 is 4.60. The minimum Gasteiger partial charge on any atom is -0.468 e. The number of nitrogens with two attached hydrogens (primary N) is 1. The third-order valence-electron chi connectivity index (χ3n) is 3.47. The zero-order valence-corrected chi connectivity index (χ0v) is 16.2. The zero-order valence-electron chi connectivity index (χ0n) is 15.4. The van der Waals surface area contributed by atoms with Crippen LogP contribution in [-0.2, 0) is 9.53 Å². The van der Waals surface area contributed by atoms with Crippen LogP contribution in [-0.4, -0.2) is 30.6 Å². The van der Waals surface area contributed by atoms with E-state index in [2.05, 4.69) is 50.7 Å². The van der Waals surface area contributed by atoms with Crippen LogP contribution in [0, 0.1) is 0 Å². The van der Waals surface area contributed by atoms with Gasteiger partial charge in [-0.3, -0.25) is 4.79 Å². The molecule has 2 N–H and O–H groups in total. The molecule has 0 heterocycles. The molecule has 0 saturated carbocycles. The zero-order chi connectivity index (χ0) is 17.7. The highest BCUT2D eigenvalue weighted by Gasteiger charge is 2.12. The highest BCUT2D eigenvalue weighted by molar-refractivity contribution is 7.99. The molecule has 4 heteroatoms. The van der Waals surface area contributed by atoms with E-state index in [4.69, 9.17) is 5.73 Å². The van der Waals surface area contributed by atoms with E-state index >= 15 is 0 Å². The van der Waals surface area contributed by atoms with Crippen LogP contribution in [0.1, 0.15) is 54.8 Å². The van der Waals surface area contributed by atoms with E-state index in [1.54, 1.807) is 11.8 Å². The Bertz CT molecular complexity index is 441. The molecule has 0 saturated heterocycles. The first kappa shape index (κ1) is 22.0. The summed E-state index contributed by atoms with van der Waals surface area (Å²) in [6.07, 6.45) is 11.3. The summed E-state index contributed by atoms with van der Waals surface area (Å²) in [5.74, 6) is 1.14. The van der Waals surface area contributed by atoms with Gasteiger partial charge in [0.15, 0.2) is 0 Å². The van der Waals surface area contributed by atoms with Crippen LogP contribution in [0.4, 0.5) is 0 Å². The Balaban J connectivity index is 0. The van der Waals surface area contributed by atoms with Gasteiger partial charge in [-0.2, -0.15) is 11.8 Å². The topological polar surface area (TPSA) is 52.3 Å². The number of hydrogen-bond acceptors (Lipinski definition) is 4. The summed E-state index contributed by atoms with van der Waals surface area (Å²) in [5.41, 5.74) is 9.93. The normalized spacial score (nSPS) is 13.7. The van der Waals surface area contributed by atoms with Crippen molar-refractivity contribution in [2.75, 3.05) is 18.6 Å². The van der Waals surface area contributed by atoms with E-state index in [9.17, 15) is 4.79 Å². The predicted octanol–water partition coefficient (Wildman–Crippen LogP) is 4.89. The average molecular weight is 342 g/mol. The molecular formula is C19H35NO2S. The number of thioether (sulfide) groups is 1.